The molecule has 1 aromatic carbocycles. The number of aromatic nitrogens is 2. The second-order valence-corrected chi connectivity index (χ2v) is 8.36. The van der Waals surface area contributed by atoms with Crippen molar-refractivity contribution in [3.8, 4) is 0 Å². The third kappa shape index (κ3) is 3.26. The molecule has 2 aromatic rings. The van der Waals surface area contributed by atoms with Gasteiger partial charge >= 0.3 is 0 Å². The Morgan fingerprint density at radius 2 is 2.04 bits per heavy atom. The van der Waals surface area contributed by atoms with Crippen molar-refractivity contribution in [2.75, 3.05) is 11.5 Å². The van der Waals surface area contributed by atoms with Gasteiger partial charge in [0, 0.05) is 5.39 Å². The molecule has 1 aliphatic rings. The van der Waals surface area contributed by atoms with E-state index in [0.29, 0.717) is 22.9 Å². The number of H-pyrrole nitrogens is 1. The van der Waals surface area contributed by atoms with Gasteiger partial charge in [-0.1, -0.05) is 18.2 Å². The van der Waals surface area contributed by atoms with Crippen LogP contribution in [0.5, 0.6) is 0 Å². The second-order valence-electron chi connectivity index (χ2n) is 6.17. The third-order valence-electron chi connectivity index (χ3n) is 4.05. The van der Waals surface area contributed by atoms with Crippen molar-refractivity contribution >= 4 is 26.5 Å². The van der Waals surface area contributed by atoms with Gasteiger partial charge < -0.3 is 5.32 Å². The standard InChI is InChI=1S/C15H17N3O4S/c1-15(6-7-23(21,22)9-15)16-13(19)8-12-10-4-2-3-5-11(10)14(20)18-17-12/h2-5H,6-9H2,1H3,(H,16,19)(H,18,20)/t15-/m1/s1. The van der Waals surface area contributed by atoms with Gasteiger partial charge in [-0.05, 0) is 19.4 Å². The zero-order chi connectivity index (χ0) is 16.7. The number of aromatic amines is 1. The number of hydrogen-bond donors (Lipinski definition) is 2. The highest BCUT2D eigenvalue weighted by molar-refractivity contribution is 7.91. The summed E-state index contributed by atoms with van der Waals surface area (Å²) in [6.07, 6.45) is 0.383. The summed E-state index contributed by atoms with van der Waals surface area (Å²) in [5, 5.41) is 10.2. The zero-order valence-corrected chi connectivity index (χ0v) is 13.4. The zero-order valence-electron chi connectivity index (χ0n) is 12.6. The summed E-state index contributed by atoms with van der Waals surface area (Å²) in [5.41, 5.74) is -0.589. The Kier molecular flexibility index (Phi) is 3.71. The fraction of sp³-hybridized carbons (Fsp3) is 0.400. The third-order valence-corrected chi connectivity index (χ3v) is 5.95. The maximum atomic E-state index is 12.3. The molecule has 1 atom stereocenters. The molecule has 0 unspecified atom stereocenters. The summed E-state index contributed by atoms with van der Waals surface area (Å²) in [6.45, 7) is 1.73. The van der Waals surface area contributed by atoms with Gasteiger partial charge in [-0.2, -0.15) is 5.10 Å². The highest BCUT2D eigenvalue weighted by Crippen LogP contribution is 2.23. The molecule has 1 amide bonds. The summed E-state index contributed by atoms with van der Waals surface area (Å²) in [6, 6.07) is 6.92. The van der Waals surface area contributed by atoms with E-state index in [1.165, 1.54) is 0 Å². The molecule has 2 N–H and O–H groups in total. The smallest absolute Gasteiger partial charge is 0.272 e. The van der Waals surface area contributed by atoms with Crippen LogP contribution in [-0.2, 0) is 21.1 Å². The molecule has 0 spiro atoms. The molecule has 1 aromatic heterocycles. The molecule has 1 fully saturated rings. The van der Waals surface area contributed by atoms with E-state index in [2.05, 4.69) is 15.5 Å². The largest absolute Gasteiger partial charge is 0.350 e. The minimum absolute atomic E-state index is 0.0209. The lowest BCUT2D eigenvalue weighted by Crippen LogP contribution is -2.47. The van der Waals surface area contributed by atoms with Gasteiger partial charge in [-0.3, -0.25) is 9.59 Å². The molecule has 7 nitrogen and oxygen atoms in total. The Balaban J connectivity index is 1.82. The van der Waals surface area contributed by atoms with Crippen LogP contribution in [0.3, 0.4) is 0 Å². The van der Waals surface area contributed by atoms with E-state index < -0.39 is 15.4 Å². The number of carbonyl (C=O) groups is 1. The second kappa shape index (κ2) is 5.45. The van der Waals surface area contributed by atoms with Gasteiger partial charge in [0.25, 0.3) is 5.56 Å². The molecule has 0 aliphatic carbocycles. The van der Waals surface area contributed by atoms with Crippen LogP contribution in [0.1, 0.15) is 19.0 Å². The van der Waals surface area contributed by atoms with Gasteiger partial charge in [-0.25, -0.2) is 13.5 Å². The molecule has 2 heterocycles. The minimum atomic E-state index is -3.09. The van der Waals surface area contributed by atoms with Crippen LogP contribution < -0.4 is 10.9 Å². The van der Waals surface area contributed by atoms with Crippen LogP contribution >= 0.6 is 0 Å². The molecule has 1 aliphatic heterocycles. The van der Waals surface area contributed by atoms with Gasteiger partial charge in [-0.15, -0.1) is 0 Å². The number of hydrogen-bond acceptors (Lipinski definition) is 5. The van der Waals surface area contributed by atoms with Crippen molar-refractivity contribution in [1.82, 2.24) is 15.5 Å². The van der Waals surface area contributed by atoms with Gasteiger partial charge in [0.05, 0.1) is 34.5 Å². The molecule has 23 heavy (non-hydrogen) atoms. The van der Waals surface area contributed by atoms with Crippen LogP contribution in [0.2, 0.25) is 0 Å². The lowest BCUT2D eigenvalue weighted by atomic mass is 10.0. The molecule has 0 bridgehead atoms. The predicted octanol–water partition coefficient (Wildman–Crippen LogP) is 0.159. The fourth-order valence-electron chi connectivity index (χ4n) is 2.95. The van der Waals surface area contributed by atoms with Gasteiger partial charge in [0.2, 0.25) is 5.91 Å². The first-order valence-electron chi connectivity index (χ1n) is 7.26. The van der Waals surface area contributed by atoms with Crippen LogP contribution in [-0.4, -0.2) is 41.6 Å². The first-order chi connectivity index (χ1) is 10.8. The number of benzene rings is 1. The fourth-order valence-corrected chi connectivity index (χ4v) is 5.04. The number of fused-ring (bicyclic) bond motifs is 1. The van der Waals surface area contributed by atoms with E-state index in [1.807, 2.05) is 0 Å². The molecule has 122 valence electrons. The normalized spacial score (nSPS) is 23.0. The van der Waals surface area contributed by atoms with E-state index in [9.17, 15) is 18.0 Å². The maximum absolute atomic E-state index is 12.3. The lowest BCUT2D eigenvalue weighted by Gasteiger charge is -2.23. The topological polar surface area (TPSA) is 109 Å². The van der Waals surface area contributed by atoms with Crippen molar-refractivity contribution in [2.24, 2.45) is 0 Å². The number of carbonyl (C=O) groups excluding carboxylic acids is 1. The number of rotatable bonds is 3. The van der Waals surface area contributed by atoms with E-state index in [-0.39, 0.29) is 29.4 Å². The highest BCUT2D eigenvalue weighted by atomic mass is 32.2. The van der Waals surface area contributed by atoms with Crippen molar-refractivity contribution in [2.45, 2.75) is 25.3 Å². The van der Waals surface area contributed by atoms with Crippen LogP contribution in [0.4, 0.5) is 0 Å². The Hall–Kier alpha value is -2.22. The summed E-state index contributed by atoms with van der Waals surface area (Å²) in [5.74, 6) is -0.274. The maximum Gasteiger partial charge on any atom is 0.272 e. The van der Waals surface area contributed by atoms with Crippen molar-refractivity contribution < 1.29 is 13.2 Å². The summed E-state index contributed by atoms with van der Waals surface area (Å²) in [4.78, 5) is 24.0. The minimum Gasteiger partial charge on any atom is -0.350 e. The van der Waals surface area contributed by atoms with Crippen LogP contribution in [0, 0.1) is 0 Å². The summed E-state index contributed by atoms with van der Waals surface area (Å²) >= 11 is 0. The average molecular weight is 335 g/mol. The highest BCUT2D eigenvalue weighted by Gasteiger charge is 2.39. The van der Waals surface area contributed by atoms with E-state index >= 15 is 0 Å². The van der Waals surface area contributed by atoms with Crippen LogP contribution in [0.15, 0.2) is 29.1 Å². The number of amides is 1. The molecule has 0 radical (unpaired) electrons. The molecule has 0 saturated carbocycles. The van der Waals surface area contributed by atoms with E-state index in [0.717, 1.165) is 0 Å². The Morgan fingerprint density at radius 3 is 2.70 bits per heavy atom. The van der Waals surface area contributed by atoms with Gasteiger partial charge in [0.15, 0.2) is 9.84 Å². The summed E-state index contributed by atoms with van der Waals surface area (Å²) in [7, 11) is -3.09. The van der Waals surface area contributed by atoms with Crippen molar-refractivity contribution in [3.05, 3.63) is 40.3 Å². The molecular formula is C15H17N3O4S. The van der Waals surface area contributed by atoms with E-state index in [4.69, 9.17) is 0 Å². The number of sulfone groups is 1. The predicted molar refractivity (Wildman–Crippen MR) is 85.9 cm³/mol. The Bertz CT molecular complexity index is 935. The first kappa shape index (κ1) is 15.7. The van der Waals surface area contributed by atoms with Crippen molar-refractivity contribution in [1.29, 1.82) is 0 Å². The number of nitrogens with one attached hydrogen (secondary N) is 2. The first-order valence-corrected chi connectivity index (χ1v) is 9.08. The number of nitrogens with zero attached hydrogens (tertiary/aromatic N) is 1. The van der Waals surface area contributed by atoms with Crippen molar-refractivity contribution in [3.63, 3.8) is 0 Å². The Labute approximate surface area is 133 Å². The quantitative estimate of drug-likeness (QED) is 0.830. The SMILES string of the molecule is C[C@@]1(NC(=O)Cc2n[nH]c(=O)c3ccccc23)CCS(=O)(=O)C1. The average Bonchev–Trinajstić information content (AvgIpc) is 2.75. The molecule has 3 rings (SSSR count). The molecule has 1 saturated heterocycles. The Morgan fingerprint density at radius 1 is 1.35 bits per heavy atom. The molecule has 8 heteroatoms. The van der Waals surface area contributed by atoms with E-state index in [1.54, 1.807) is 31.2 Å². The van der Waals surface area contributed by atoms with Crippen LogP contribution in [0.25, 0.3) is 10.8 Å². The lowest BCUT2D eigenvalue weighted by molar-refractivity contribution is -0.122. The summed E-state index contributed by atoms with van der Waals surface area (Å²) < 4.78 is 23.2. The van der Waals surface area contributed by atoms with Gasteiger partial charge in [0.1, 0.15) is 0 Å². The monoisotopic (exact) mass is 335 g/mol. The molecular weight excluding hydrogens is 318 g/mol.